The van der Waals surface area contributed by atoms with Gasteiger partial charge in [-0.25, -0.2) is 4.79 Å². The van der Waals surface area contributed by atoms with Gasteiger partial charge in [-0.15, -0.1) is 0 Å². The van der Waals surface area contributed by atoms with Crippen LogP contribution < -0.4 is 10.6 Å². The van der Waals surface area contributed by atoms with Crippen LogP contribution in [0.3, 0.4) is 0 Å². The van der Waals surface area contributed by atoms with Gasteiger partial charge in [-0.05, 0) is 25.0 Å². The Morgan fingerprint density at radius 1 is 1.53 bits per heavy atom. The third-order valence-electron chi connectivity index (χ3n) is 2.74. The Kier molecular flexibility index (Phi) is 6.18. The molecule has 3 N–H and O–H groups in total. The number of carbonyl (C=O) groups excluding carboxylic acids is 1. The summed E-state index contributed by atoms with van der Waals surface area (Å²) in [6, 6.07) is -0.314. The summed E-state index contributed by atoms with van der Waals surface area (Å²) in [5.41, 5.74) is 0. The lowest BCUT2D eigenvalue weighted by molar-refractivity contribution is -0.137. The number of nitrogens with one attached hydrogen (secondary N) is 2. The number of carboxylic acid groups (broad SMARTS) is 1. The molecule has 0 saturated carbocycles. The molecule has 0 radical (unpaired) electrons. The standard InChI is InChI=1S/C11H20N2O3S/c1-2-8(6-10(14)15)12-11(16)13-9-4-3-5-17-7-9/h8-9H,2-7H2,1H3,(H,14,15)(H2,12,13,16). The summed E-state index contributed by atoms with van der Waals surface area (Å²) >= 11 is 1.84. The van der Waals surface area contributed by atoms with Gasteiger partial charge in [0, 0.05) is 17.8 Å². The molecular formula is C11H20N2O3S. The number of aliphatic carboxylic acids is 1. The number of hydrogen-bond acceptors (Lipinski definition) is 3. The highest BCUT2D eigenvalue weighted by Crippen LogP contribution is 2.16. The quantitative estimate of drug-likeness (QED) is 0.699. The van der Waals surface area contributed by atoms with Gasteiger partial charge < -0.3 is 15.7 Å². The van der Waals surface area contributed by atoms with E-state index in [9.17, 15) is 9.59 Å². The van der Waals surface area contributed by atoms with Gasteiger partial charge in [-0.2, -0.15) is 11.8 Å². The van der Waals surface area contributed by atoms with Crippen molar-refractivity contribution in [2.45, 2.75) is 44.7 Å². The molecule has 1 aliphatic rings. The number of hydrogen-bond donors (Lipinski definition) is 3. The van der Waals surface area contributed by atoms with Gasteiger partial charge in [0.2, 0.25) is 0 Å². The first-order valence-electron chi connectivity index (χ1n) is 5.98. The van der Waals surface area contributed by atoms with Crippen molar-refractivity contribution in [3.8, 4) is 0 Å². The van der Waals surface area contributed by atoms with E-state index in [-0.39, 0.29) is 24.5 Å². The Hall–Kier alpha value is -0.910. The molecule has 1 saturated heterocycles. The normalized spacial score (nSPS) is 21.6. The van der Waals surface area contributed by atoms with Crippen molar-refractivity contribution < 1.29 is 14.7 Å². The van der Waals surface area contributed by atoms with Crippen LogP contribution in [0.4, 0.5) is 4.79 Å². The molecule has 0 aromatic rings. The van der Waals surface area contributed by atoms with E-state index in [1.165, 1.54) is 0 Å². The number of rotatable bonds is 5. The molecule has 2 unspecified atom stereocenters. The molecule has 1 fully saturated rings. The lowest BCUT2D eigenvalue weighted by atomic mass is 10.1. The molecule has 2 amide bonds. The van der Waals surface area contributed by atoms with Crippen LogP contribution in [0.15, 0.2) is 0 Å². The van der Waals surface area contributed by atoms with Crippen molar-refractivity contribution in [3.63, 3.8) is 0 Å². The third kappa shape index (κ3) is 5.81. The zero-order chi connectivity index (χ0) is 12.7. The number of carbonyl (C=O) groups is 2. The van der Waals surface area contributed by atoms with E-state index in [4.69, 9.17) is 5.11 Å². The van der Waals surface area contributed by atoms with Crippen molar-refractivity contribution in [1.29, 1.82) is 0 Å². The summed E-state index contributed by atoms with van der Waals surface area (Å²) in [5, 5.41) is 14.3. The highest BCUT2D eigenvalue weighted by atomic mass is 32.2. The Balaban J connectivity index is 2.28. The van der Waals surface area contributed by atoms with Gasteiger partial charge in [0.25, 0.3) is 0 Å². The SMILES string of the molecule is CCC(CC(=O)O)NC(=O)NC1CCCSC1. The fourth-order valence-corrected chi connectivity index (χ4v) is 2.85. The molecule has 1 heterocycles. The molecular weight excluding hydrogens is 240 g/mol. The van der Waals surface area contributed by atoms with Crippen LogP contribution in [0.2, 0.25) is 0 Å². The second kappa shape index (κ2) is 7.42. The van der Waals surface area contributed by atoms with Gasteiger partial charge in [-0.3, -0.25) is 4.79 Å². The molecule has 6 heteroatoms. The molecule has 0 bridgehead atoms. The highest BCUT2D eigenvalue weighted by Gasteiger charge is 2.18. The summed E-state index contributed by atoms with van der Waals surface area (Å²) in [4.78, 5) is 22.2. The van der Waals surface area contributed by atoms with Crippen LogP contribution >= 0.6 is 11.8 Å². The monoisotopic (exact) mass is 260 g/mol. The topological polar surface area (TPSA) is 78.4 Å². The minimum atomic E-state index is -0.884. The highest BCUT2D eigenvalue weighted by molar-refractivity contribution is 7.99. The van der Waals surface area contributed by atoms with Crippen molar-refractivity contribution in [1.82, 2.24) is 10.6 Å². The second-order valence-electron chi connectivity index (χ2n) is 4.23. The Morgan fingerprint density at radius 2 is 2.29 bits per heavy atom. The van der Waals surface area contributed by atoms with Crippen LogP contribution in [-0.4, -0.2) is 40.7 Å². The minimum absolute atomic E-state index is 0.0245. The number of urea groups is 1. The van der Waals surface area contributed by atoms with Gasteiger partial charge in [0.1, 0.15) is 0 Å². The summed E-state index contributed by atoms with van der Waals surface area (Å²) in [5.74, 6) is 1.23. The third-order valence-corrected chi connectivity index (χ3v) is 3.96. The molecule has 98 valence electrons. The zero-order valence-corrected chi connectivity index (χ0v) is 10.9. The molecule has 5 nitrogen and oxygen atoms in total. The van der Waals surface area contributed by atoms with E-state index in [1.54, 1.807) is 0 Å². The summed E-state index contributed by atoms with van der Waals surface area (Å²) < 4.78 is 0. The fraction of sp³-hybridized carbons (Fsp3) is 0.818. The average molecular weight is 260 g/mol. The maximum atomic E-state index is 11.6. The molecule has 1 aliphatic heterocycles. The lowest BCUT2D eigenvalue weighted by Crippen LogP contribution is -2.48. The fourth-order valence-electron chi connectivity index (χ4n) is 1.78. The van der Waals surface area contributed by atoms with Crippen molar-refractivity contribution in [2.24, 2.45) is 0 Å². The van der Waals surface area contributed by atoms with E-state index in [0.717, 1.165) is 24.3 Å². The number of amides is 2. The molecule has 0 aromatic heterocycles. The maximum absolute atomic E-state index is 11.6. The van der Waals surface area contributed by atoms with Crippen LogP contribution in [-0.2, 0) is 4.79 Å². The van der Waals surface area contributed by atoms with Gasteiger partial charge >= 0.3 is 12.0 Å². The number of thioether (sulfide) groups is 1. The number of carboxylic acids is 1. The molecule has 0 aliphatic carbocycles. The minimum Gasteiger partial charge on any atom is -0.481 e. The van der Waals surface area contributed by atoms with Crippen LogP contribution in [0.1, 0.15) is 32.6 Å². The Bertz CT molecular complexity index is 267. The molecule has 0 spiro atoms. The smallest absolute Gasteiger partial charge is 0.315 e. The van der Waals surface area contributed by atoms with E-state index in [2.05, 4.69) is 10.6 Å². The van der Waals surface area contributed by atoms with E-state index < -0.39 is 5.97 Å². The van der Waals surface area contributed by atoms with E-state index >= 15 is 0 Å². The van der Waals surface area contributed by atoms with Crippen molar-refractivity contribution in [3.05, 3.63) is 0 Å². The van der Waals surface area contributed by atoms with Crippen LogP contribution in [0.5, 0.6) is 0 Å². The Morgan fingerprint density at radius 3 is 2.82 bits per heavy atom. The van der Waals surface area contributed by atoms with E-state index in [0.29, 0.717) is 6.42 Å². The van der Waals surface area contributed by atoms with Gasteiger partial charge in [-0.1, -0.05) is 6.92 Å². The molecule has 17 heavy (non-hydrogen) atoms. The summed E-state index contributed by atoms with van der Waals surface area (Å²) in [6.45, 7) is 1.87. The Labute approximate surface area is 106 Å². The molecule has 1 rings (SSSR count). The summed E-state index contributed by atoms with van der Waals surface area (Å²) in [6.07, 6.45) is 2.74. The summed E-state index contributed by atoms with van der Waals surface area (Å²) in [7, 11) is 0. The first-order valence-corrected chi connectivity index (χ1v) is 7.13. The lowest BCUT2D eigenvalue weighted by Gasteiger charge is -2.24. The average Bonchev–Trinajstić information content (AvgIpc) is 2.28. The first kappa shape index (κ1) is 14.2. The van der Waals surface area contributed by atoms with Crippen LogP contribution in [0, 0.1) is 0 Å². The van der Waals surface area contributed by atoms with E-state index in [1.807, 2.05) is 18.7 Å². The van der Waals surface area contributed by atoms with Crippen LogP contribution in [0.25, 0.3) is 0 Å². The maximum Gasteiger partial charge on any atom is 0.315 e. The zero-order valence-electron chi connectivity index (χ0n) is 10.1. The van der Waals surface area contributed by atoms with Gasteiger partial charge in [0.05, 0.1) is 6.42 Å². The largest absolute Gasteiger partial charge is 0.481 e. The molecule has 2 atom stereocenters. The predicted molar refractivity (Wildman–Crippen MR) is 68.3 cm³/mol. The molecule has 0 aromatic carbocycles. The predicted octanol–water partition coefficient (Wildman–Crippen LogP) is 1.43. The second-order valence-corrected chi connectivity index (χ2v) is 5.38. The van der Waals surface area contributed by atoms with Gasteiger partial charge in [0.15, 0.2) is 0 Å². The first-order chi connectivity index (χ1) is 8.11. The van der Waals surface area contributed by atoms with Crippen molar-refractivity contribution in [2.75, 3.05) is 11.5 Å². The van der Waals surface area contributed by atoms with Crippen molar-refractivity contribution >= 4 is 23.8 Å².